The fourth-order valence-corrected chi connectivity index (χ4v) is 5.67. The predicted octanol–water partition coefficient (Wildman–Crippen LogP) is 6.84. The molecule has 4 heterocycles. The Hall–Kier alpha value is -3.50. The Morgan fingerprint density at radius 3 is 2.62 bits per heavy atom. The standard InChI is InChI=1S/C30H28FN3/c1-20-3-2-4-23(15-20)25-17-27-16-24(11-14-34(27)19-25)28-18-33-30(22-5-7-26(31)8-6-22)29(28)21-9-12-32-13-10-21/h2-10,12-13,15-16,18,25,27,33H,11,14,17,19H2,1H3/t25-,27-/m1/s1. The average molecular weight is 450 g/mol. The zero-order chi connectivity index (χ0) is 23.1. The topological polar surface area (TPSA) is 31.9 Å². The molecule has 0 aliphatic carbocycles. The summed E-state index contributed by atoms with van der Waals surface area (Å²) in [7, 11) is 0. The van der Waals surface area contributed by atoms with E-state index in [1.807, 2.05) is 24.5 Å². The lowest BCUT2D eigenvalue weighted by Gasteiger charge is -2.28. The molecule has 6 rings (SSSR count). The van der Waals surface area contributed by atoms with Gasteiger partial charge in [0.15, 0.2) is 0 Å². The second-order valence-corrected chi connectivity index (χ2v) is 9.55. The lowest BCUT2D eigenvalue weighted by Crippen LogP contribution is -2.32. The van der Waals surface area contributed by atoms with Crippen molar-refractivity contribution in [3.8, 4) is 22.4 Å². The molecule has 0 radical (unpaired) electrons. The molecule has 4 heteroatoms. The molecule has 34 heavy (non-hydrogen) atoms. The summed E-state index contributed by atoms with van der Waals surface area (Å²) in [6.07, 6.45) is 10.5. The molecule has 170 valence electrons. The van der Waals surface area contributed by atoms with Crippen LogP contribution in [0.4, 0.5) is 4.39 Å². The number of hydrogen-bond donors (Lipinski definition) is 1. The van der Waals surface area contributed by atoms with E-state index in [1.54, 1.807) is 0 Å². The maximum atomic E-state index is 13.6. The number of benzene rings is 2. The van der Waals surface area contributed by atoms with E-state index in [0.717, 1.165) is 42.8 Å². The third-order valence-corrected chi connectivity index (χ3v) is 7.35. The molecule has 1 saturated heterocycles. The molecular formula is C30H28FN3. The normalized spacial score (nSPS) is 20.2. The van der Waals surface area contributed by atoms with Crippen LogP contribution in [0.15, 0.2) is 85.3 Å². The van der Waals surface area contributed by atoms with E-state index in [0.29, 0.717) is 12.0 Å². The summed E-state index contributed by atoms with van der Waals surface area (Å²) < 4.78 is 13.6. The summed E-state index contributed by atoms with van der Waals surface area (Å²) in [5.74, 6) is 0.363. The van der Waals surface area contributed by atoms with Crippen molar-refractivity contribution >= 4 is 5.57 Å². The molecule has 2 aliphatic rings. The Bertz CT molecular complexity index is 1340. The Balaban J connectivity index is 1.37. The van der Waals surface area contributed by atoms with Crippen molar-refractivity contribution in [1.82, 2.24) is 14.9 Å². The summed E-state index contributed by atoms with van der Waals surface area (Å²) in [6.45, 7) is 4.38. The summed E-state index contributed by atoms with van der Waals surface area (Å²) in [5, 5.41) is 0. The molecule has 0 amide bonds. The number of aryl methyl sites for hydroxylation is 1. The molecule has 2 aliphatic heterocycles. The number of hydrogen-bond acceptors (Lipinski definition) is 2. The number of H-pyrrole nitrogens is 1. The van der Waals surface area contributed by atoms with Crippen LogP contribution in [-0.4, -0.2) is 34.0 Å². The highest BCUT2D eigenvalue weighted by molar-refractivity contribution is 5.91. The van der Waals surface area contributed by atoms with Crippen LogP contribution in [0.3, 0.4) is 0 Å². The van der Waals surface area contributed by atoms with Gasteiger partial charge in [-0.2, -0.15) is 0 Å². The molecule has 2 aromatic carbocycles. The highest BCUT2D eigenvalue weighted by Crippen LogP contribution is 2.42. The minimum Gasteiger partial charge on any atom is -0.360 e. The minimum absolute atomic E-state index is 0.222. The van der Waals surface area contributed by atoms with Gasteiger partial charge in [-0.3, -0.25) is 9.88 Å². The molecule has 0 bridgehead atoms. The number of nitrogens with zero attached hydrogens (tertiary/aromatic N) is 2. The zero-order valence-corrected chi connectivity index (χ0v) is 19.3. The maximum Gasteiger partial charge on any atom is 0.123 e. The second-order valence-electron chi connectivity index (χ2n) is 9.55. The predicted molar refractivity (Wildman–Crippen MR) is 136 cm³/mol. The minimum atomic E-state index is -0.222. The molecule has 0 spiro atoms. The second kappa shape index (κ2) is 8.69. The summed E-state index contributed by atoms with van der Waals surface area (Å²) in [6, 6.07) is 20.3. The van der Waals surface area contributed by atoms with Gasteiger partial charge in [0.05, 0.1) is 5.69 Å². The van der Waals surface area contributed by atoms with Gasteiger partial charge in [-0.25, -0.2) is 4.39 Å². The third-order valence-electron chi connectivity index (χ3n) is 7.35. The van der Waals surface area contributed by atoms with Crippen molar-refractivity contribution in [2.75, 3.05) is 13.1 Å². The maximum absolute atomic E-state index is 13.6. The number of halogens is 1. The van der Waals surface area contributed by atoms with Crippen LogP contribution in [0.1, 0.15) is 35.4 Å². The first-order valence-corrected chi connectivity index (χ1v) is 12.0. The third kappa shape index (κ3) is 3.88. The first-order chi connectivity index (χ1) is 16.7. The van der Waals surface area contributed by atoms with Crippen LogP contribution >= 0.6 is 0 Å². The first-order valence-electron chi connectivity index (χ1n) is 12.0. The smallest absolute Gasteiger partial charge is 0.123 e. The lowest BCUT2D eigenvalue weighted by molar-refractivity contribution is 0.286. The molecule has 2 atom stereocenters. The Labute approximate surface area is 200 Å². The van der Waals surface area contributed by atoms with Crippen molar-refractivity contribution in [3.05, 3.63) is 108 Å². The van der Waals surface area contributed by atoms with Gasteiger partial charge in [0.25, 0.3) is 0 Å². The van der Waals surface area contributed by atoms with Gasteiger partial charge >= 0.3 is 0 Å². The Kier molecular flexibility index (Phi) is 5.39. The fraction of sp³-hybridized carbons (Fsp3) is 0.233. The van der Waals surface area contributed by atoms with Crippen LogP contribution in [0.5, 0.6) is 0 Å². The van der Waals surface area contributed by atoms with Crippen molar-refractivity contribution in [3.63, 3.8) is 0 Å². The quantitative estimate of drug-likeness (QED) is 0.370. The van der Waals surface area contributed by atoms with E-state index in [4.69, 9.17) is 0 Å². The average Bonchev–Trinajstić information content (AvgIpc) is 3.49. The van der Waals surface area contributed by atoms with Crippen molar-refractivity contribution in [2.24, 2.45) is 0 Å². The van der Waals surface area contributed by atoms with Crippen molar-refractivity contribution in [1.29, 1.82) is 0 Å². The fourth-order valence-electron chi connectivity index (χ4n) is 5.67. The number of nitrogens with one attached hydrogen (secondary N) is 1. The Morgan fingerprint density at radius 1 is 1.00 bits per heavy atom. The SMILES string of the molecule is Cc1cccc([C@@H]2C[C@H]3C=C(c4c[nH]c(-c5ccc(F)cc5)c4-c4ccncc4)CCN3C2)c1. The van der Waals surface area contributed by atoms with Crippen LogP contribution in [0, 0.1) is 12.7 Å². The van der Waals surface area contributed by atoms with Crippen LogP contribution in [0.25, 0.3) is 28.0 Å². The molecule has 3 nitrogen and oxygen atoms in total. The van der Waals surface area contributed by atoms with Gasteiger partial charge in [-0.05, 0) is 84.3 Å². The molecule has 1 N–H and O–H groups in total. The van der Waals surface area contributed by atoms with Crippen LogP contribution < -0.4 is 0 Å². The lowest BCUT2D eigenvalue weighted by atomic mass is 9.90. The molecule has 4 aromatic rings. The molecule has 1 fully saturated rings. The first kappa shape index (κ1) is 21.1. The number of aromatic amines is 1. The molecule has 0 unspecified atom stereocenters. The van der Waals surface area contributed by atoms with E-state index in [1.165, 1.54) is 40.0 Å². The van der Waals surface area contributed by atoms with Gasteiger partial charge in [0.2, 0.25) is 0 Å². The number of aromatic nitrogens is 2. The van der Waals surface area contributed by atoms with Gasteiger partial charge in [0, 0.05) is 48.8 Å². The number of rotatable bonds is 4. The van der Waals surface area contributed by atoms with Crippen LogP contribution in [-0.2, 0) is 0 Å². The highest BCUT2D eigenvalue weighted by Gasteiger charge is 2.34. The monoisotopic (exact) mass is 449 g/mol. The highest BCUT2D eigenvalue weighted by atomic mass is 19.1. The van der Waals surface area contributed by atoms with Gasteiger partial charge in [0.1, 0.15) is 5.82 Å². The molecule has 0 saturated carbocycles. The van der Waals surface area contributed by atoms with E-state index in [2.05, 4.69) is 70.5 Å². The number of fused-ring (bicyclic) bond motifs is 1. The summed E-state index contributed by atoms with van der Waals surface area (Å²) in [4.78, 5) is 10.4. The zero-order valence-electron chi connectivity index (χ0n) is 19.3. The van der Waals surface area contributed by atoms with E-state index < -0.39 is 0 Å². The number of pyridine rings is 1. The summed E-state index contributed by atoms with van der Waals surface area (Å²) in [5.41, 5.74) is 9.72. The van der Waals surface area contributed by atoms with Crippen molar-refractivity contribution in [2.45, 2.75) is 31.7 Å². The molecule has 2 aromatic heterocycles. The molecular weight excluding hydrogens is 421 g/mol. The van der Waals surface area contributed by atoms with E-state index >= 15 is 0 Å². The summed E-state index contributed by atoms with van der Waals surface area (Å²) >= 11 is 0. The largest absolute Gasteiger partial charge is 0.360 e. The Morgan fingerprint density at radius 2 is 1.82 bits per heavy atom. The van der Waals surface area contributed by atoms with E-state index in [9.17, 15) is 4.39 Å². The van der Waals surface area contributed by atoms with Crippen molar-refractivity contribution < 1.29 is 4.39 Å². The van der Waals surface area contributed by atoms with Gasteiger partial charge in [-0.1, -0.05) is 35.9 Å². The van der Waals surface area contributed by atoms with Gasteiger partial charge < -0.3 is 4.98 Å². The van der Waals surface area contributed by atoms with E-state index in [-0.39, 0.29) is 5.82 Å². The van der Waals surface area contributed by atoms with Crippen LogP contribution in [0.2, 0.25) is 0 Å². The van der Waals surface area contributed by atoms with Gasteiger partial charge in [-0.15, -0.1) is 0 Å².